The fourth-order valence-corrected chi connectivity index (χ4v) is 4.25. The Morgan fingerprint density at radius 1 is 1.29 bits per heavy atom. The first-order valence-electron chi connectivity index (χ1n) is 8.28. The Morgan fingerprint density at radius 2 is 2.05 bits per heavy atom. The number of nitrogens with one attached hydrogen (secondary N) is 1. The molecule has 21 heavy (non-hydrogen) atoms. The quantitative estimate of drug-likeness (QED) is 0.833. The van der Waals surface area contributed by atoms with Gasteiger partial charge in [-0.2, -0.15) is 0 Å². The Balaban J connectivity index is 1.69. The molecule has 0 spiro atoms. The third-order valence-electron chi connectivity index (χ3n) is 3.96. The fourth-order valence-electron chi connectivity index (χ4n) is 3.10. The molecule has 2 rings (SSSR count). The fraction of sp³-hybridized carbons (Fsp3) is 0.765. The monoisotopic (exact) mass is 308 g/mol. The summed E-state index contributed by atoms with van der Waals surface area (Å²) in [6.07, 6.45) is 7.57. The average Bonchev–Trinajstić information content (AvgIpc) is 2.79. The second-order valence-electron chi connectivity index (χ2n) is 6.72. The number of rotatable bonds is 7. The lowest BCUT2D eigenvalue weighted by Gasteiger charge is -2.13. The number of aryl methyl sites for hydroxylation is 2. The van der Waals surface area contributed by atoms with Crippen molar-refractivity contribution in [2.75, 3.05) is 6.54 Å². The van der Waals surface area contributed by atoms with Gasteiger partial charge in [-0.1, -0.05) is 20.8 Å². The van der Waals surface area contributed by atoms with Crippen LogP contribution in [0.3, 0.4) is 0 Å². The molecular weight excluding hydrogens is 280 g/mol. The van der Waals surface area contributed by atoms with Crippen molar-refractivity contribution in [1.82, 2.24) is 10.3 Å². The first-order valence-corrected chi connectivity index (χ1v) is 9.10. The summed E-state index contributed by atoms with van der Waals surface area (Å²) in [6.45, 7) is 7.30. The molecule has 1 amide bonds. The minimum atomic E-state index is 0.185. The van der Waals surface area contributed by atoms with E-state index in [1.165, 1.54) is 34.8 Å². The van der Waals surface area contributed by atoms with E-state index in [1.807, 2.05) is 11.3 Å². The maximum absolute atomic E-state index is 11.9. The molecule has 0 saturated heterocycles. The van der Waals surface area contributed by atoms with E-state index in [0.717, 1.165) is 25.8 Å². The van der Waals surface area contributed by atoms with Crippen LogP contribution in [0, 0.1) is 11.8 Å². The van der Waals surface area contributed by atoms with Gasteiger partial charge in [-0.05, 0) is 43.9 Å². The number of carbonyl (C=O) groups is 1. The summed E-state index contributed by atoms with van der Waals surface area (Å²) in [7, 11) is 0. The lowest BCUT2D eigenvalue weighted by molar-refractivity contribution is -0.121. The maximum Gasteiger partial charge on any atom is 0.220 e. The molecule has 1 heterocycles. The zero-order valence-electron chi connectivity index (χ0n) is 13.6. The van der Waals surface area contributed by atoms with Crippen LogP contribution < -0.4 is 5.32 Å². The number of nitrogens with zero attached hydrogens (tertiary/aromatic N) is 1. The maximum atomic E-state index is 11.9. The minimum absolute atomic E-state index is 0.185. The number of thiazole rings is 1. The molecule has 1 aromatic rings. The van der Waals surface area contributed by atoms with E-state index in [-0.39, 0.29) is 5.91 Å². The molecule has 1 unspecified atom stereocenters. The van der Waals surface area contributed by atoms with Crippen LogP contribution in [0.4, 0.5) is 0 Å². The predicted octanol–water partition coefficient (Wildman–Crippen LogP) is 3.75. The SMILES string of the molecule is CC(C)CC(C)CC(=O)NCCc1nc2c(s1)CCCC2. The standard InChI is InChI=1S/C17H28N2OS/c1-12(2)10-13(3)11-16(20)18-9-8-17-19-14-6-4-5-7-15(14)21-17/h12-13H,4-11H2,1-3H3,(H,18,20). The van der Waals surface area contributed by atoms with Crippen LogP contribution in [0.25, 0.3) is 0 Å². The summed E-state index contributed by atoms with van der Waals surface area (Å²) in [5.41, 5.74) is 1.32. The van der Waals surface area contributed by atoms with Gasteiger partial charge in [0, 0.05) is 24.3 Å². The topological polar surface area (TPSA) is 42.0 Å². The Kier molecular flexibility index (Phi) is 6.22. The van der Waals surface area contributed by atoms with Crippen LogP contribution in [-0.4, -0.2) is 17.4 Å². The van der Waals surface area contributed by atoms with Gasteiger partial charge in [0.25, 0.3) is 0 Å². The van der Waals surface area contributed by atoms with E-state index in [0.29, 0.717) is 18.3 Å². The van der Waals surface area contributed by atoms with Gasteiger partial charge in [-0.15, -0.1) is 11.3 Å². The Morgan fingerprint density at radius 3 is 2.76 bits per heavy atom. The third kappa shape index (κ3) is 5.42. The first kappa shape index (κ1) is 16.5. The second-order valence-corrected chi connectivity index (χ2v) is 7.89. The van der Waals surface area contributed by atoms with Gasteiger partial charge in [-0.25, -0.2) is 4.98 Å². The number of hydrogen-bond donors (Lipinski definition) is 1. The molecule has 1 aliphatic carbocycles. The summed E-state index contributed by atoms with van der Waals surface area (Å²) >= 11 is 1.85. The van der Waals surface area contributed by atoms with Gasteiger partial charge in [0.15, 0.2) is 0 Å². The predicted molar refractivity (Wildman–Crippen MR) is 88.7 cm³/mol. The van der Waals surface area contributed by atoms with Crippen LogP contribution in [0.1, 0.15) is 62.0 Å². The van der Waals surface area contributed by atoms with Crippen molar-refractivity contribution in [3.05, 3.63) is 15.6 Å². The van der Waals surface area contributed by atoms with E-state index < -0.39 is 0 Å². The first-order chi connectivity index (χ1) is 10.0. The van der Waals surface area contributed by atoms with Crippen LogP contribution in [0.15, 0.2) is 0 Å². The number of carbonyl (C=O) groups excluding carboxylic acids is 1. The molecule has 0 saturated carbocycles. The number of aromatic nitrogens is 1. The Labute approximate surface area is 132 Å². The van der Waals surface area contributed by atoms with Crippen molar-refractivity contribution in [1.29, 1.82) is 0 Å². The molecule has 1 atom stereocenters. The van der Waals surface area contributed by atoms with Gasteiger partial charge in [0.05, 0.1) is 10.7 Å². The van der Waals surface area contributed by atoms with Gasteiger partial charge in [0.1, 0.15) is 0 Å². The van der Waals surface area contributed by atoms with Crippen molar-refractivity contribution >= 4 is 17.2 Å². The zero-order valence-corrected chi connectivity index (χ0v) is 14.4. The van der Waals surface area contributed by atoms with E-state index in [4.69, 9.17) is 4.98 Å². The zero-order chi connectivity index (χ0) is 15.2. The molecule has 118 valence electrons. The van der Waals surface area contributed by atoms with Crippen molar-refractivity contribution < 1.29 is 4.79 Å². The summed E-state index contributed by atoms with van der Waals surface area (Å²) < 4.78 is 0. The Hall–Kier alpha value is -0.900. The van der Waals surface area contributed by atoms with E-state index in [1.54, 1.807) is 0 Å². The molecule has 3 nitrogen and oxygen atoms in total. The molecule has 0 radical (unpaired) electrons. The molecule has 1 aliphatic rings. The summed E-state index contributed by atoms with van der Waals surface area (Å²) in [6, 6.07) is 0. The van der Waals surface area contributed by atoms with E-state index in [2.05, 4.69) is 26.1 Å². The largest absolute Gasteiger partial charge is 0.356 e. The van der Waals surface area contributed by atoms with Gasteiger partial charge in [0.2, 0.25) is 5.91 Å². The highest BCUT2D eigenvalue weighted by molar-refractivity contribution is 7.11. The van der Waals surface area contributed by atoms with Crippen molar-refractivity contribution in [2.24, 2.45) is 11.8 Å². The van der Waals surface area contributed by atoms with Crippen LogP contribution in [-0.2, 0) is 24.1 Å². The molecule has 0 fully saturated rings. The van der Waals surface area contributed by atoms with Gasteiger partial charge < -0.3 is 5.32 Å². The van der Waals surface area contributed by atoms with Crippen molar-refractivity contribution in [2.45, 2.75) is 65.7 Å². The van der Waals surface area contributed by atoms with Gasteiger partial charge in [-0.3, -0.25) is 4.79 Å². The van der Waals surface area contributed by atoms with Crippen LogP contribution >= 0.6 is 11.3 Å². The smallest absolute Gasteiger partial charge is 0.220 e. The lowest BCUT2D eigenvalue weighted by Crippen LogP contribution is -2.27. The van der Waals surface area contributed by atoms with E-state index in [9.17, 15) is 4.79 Å². The normalized spacial score (nSPS) is 15.8. The number of hydrogen-bond acceptors (Lipinski definition) is 3. The summed E-state index contributed by atoms with van der Waals surface area (Å²) in [5, 5.41) is 4.24. The lowest BCUT2D eigenvalue weighted by atomic mass is 9.96. The highest BCUT2D eigenvalue weighted by Crippen LogP contribution is 2.26. The van der Waals surface area contributed by atoms with E-state index >= 15 is 0 Å². The van der Waals surface area contributed by atoms with Crippen molar-refractivity contribution in [3.8, 4) is 0 Å². The molecular formula is C17H28N2OS. The minimum Gasteiger partial charge on any atom is -0.356 e. The third-order valence-corrected chi connectivity index (χ3v) is 5.18. The summed E-state index contributed by atoms with van der Waals surface area (Å²) in [5.74, 6) is 1.32. The summed E-state index contributed by atoms with van der Waals surface area (Å²) in [4.78, 5) is 18.1. The molecule has 1 aromatic heterocycles. The number of fused-ring (bicyclic) bond motifs is 1. The molecule has 1 N–H and O–H groups in total. The molecule has 0 aliphatic heterocycles. The highest BCUT2D eigenvalue weighted by Gasteiger charge is 2.15. The molecule has 0 bridgehead atoms. The highest BCUT2D eigenvalue weighted by atomic mass is 32.1. The van der Waals surface area contributed by atoms with Crippen LogP contribution in [0.5, 0.6) is 0 Å². The average molecular weight is 308 g/mol. The van der Waals surface area contributed by atoms with Crippen LogP contribution in [0.2, 0.25) is 0 Å². The second kappa shape index (κ2) is 7.92. The Bertz CT molecular complexity index is 444. The number of amides is 1. The molecule has 0 aromatic carbocycles. The van der Waals surface area contributed by atoms with Gasteiger partial charge >= 0.3 is 0 Å². The molecule has 4 heteroatoms. The van der Waals surface area contributed by atoms with Crippen molar-refractivity contribution in [3.63, 3.8) is 0 Å².